The highest BCUT2D eigenvalue weighted by atomic mass is 19.3. The van der Waals surface area contributed by atoms with Crippen LogP contribution in [0.2, 0.25) is 0 Å². The molecule has 0 saturated heterocycles. The van der Waals surface area contributed by atoms with Crippen LogP contribution in [0.1, 0.15) is 31.8 Å². The Bertz CT molecular complexity index is 763. The highest BCUT2D eigenvalue weighted by molar-refractivity contribution is 5.99. The van der Waals surface area contributed by atoms with Gasteiger partial charge in [0, 0.05) is 11.1 Å². The van der Waals surface area contributed by atoms with Gasteiger partial charge >= 0.3 is 6.61 Å². The number of halogens is 2. The molecule has 0 aliphatic carbocycles. The van der Waals surface area contributed by atoms with Crippen molar-refractivity contribution in [3.8, 4) is 5.75 Å². The van der Waals surface area contributed by atoms with Crippen molar-refractivity contribution in [2.75, 3.05) is 0 Å². The summed E-state index contributed by atoms with van der Waals surface area (Å²) in [5, 5.41) is 0. The topological polar surface area (TPSA) is 67.4 Å². The van der Waals surface area contributed by atoms with E-state index in [0.717, 1.165) is 17.2 Å². The van der Waals surface area contributed by atoms with Crippen LogP contribution in [0.15, 0.2) is 42.5 Å². The number of amides is 2. The summed E-state index contributed by atoms with van der Waals surface area (Å²) in [6.45, 7) is 0.715. The second-order valence-electron chi connectivity index (χ2n) is 5.13. The maximum Gasteiger partial charge on any atom is 0.387 e. The number of hydrogen-bond donors (Lipinski definition) is 2. The largest absolute Gasteiger partial charge is 0.435 e. The highest BCUT2D eigenvalue weighted by Crippen LogP contribution is 2.16. The van der Waals surface area contributed by atoms with Crippen LogP contribution in [0.3, 0.4) is 0 Å². The number of carbonyl (C=O) groups excluding carboxylic acids is 2. The van der Waals surface area contributed by atoms with Crippen molar-refractivity contribution in [3.05, 3.63) is 64.7 Å². The summed E-state index contributed by atoms with van der Waals surface area (Å²) < 4.78 is 28.6. The highest BCUT2D eigenvalue weighted by Gasteiger charge is 2.12. The van der Waals surface area contributed by atoms with Crippen LogP contribution < -0.4 is 15.6 Å². The fourth-order valence-corrected chi connectivity index (χ4v) is 2.13. The van der Waals surface area contributed by atoms with Crippen molar-refractivity contribution >= 4 is 11.8 Å². The third-order valence-corrected chi connectivity index (χ3v) is 3.24. The lowest BCUT2D eigenvalue weighted by molar-refractivity contribution is -0.0498. The Hall–Kier alpha value is -2.96. The minimum absolute atomic E-state index is 0.0779. The van der Waals surface area contributed by atoms with E-state index in [1.807, 2.05) is 13.0 Å². The summed E-state index contributed by atoms with van der Waals surface area (Å²) in [6.07, 6.45) is 0. The first-order valence-corrected chi connectivity index (χ1v) is 7.09. The number of rotatable bonds is 4. The number of carbonyl (C=O) groups is 2. The van der Waals surface area contributed by atoms with E-state index in [1.165, 1.54) is 18.2 Å². The average Bonchev–Trinajstić information content (AvgIpc) is 2.52. The van der Waals surface area contributed by atoms with E-state index in [-0.39, 0.29) is 11.3 Å². The first-order valence-electron chi connectivity index (χ1n) is 7.09. The first-order chi connectivity index (χ1) is 11.4. The zero-order valence-electron chi connectivity index (χ0n) is 13.1. The molecule has 2 rings (SSSR count). The van der Waals surface area contributed by atoms with Crippen LogP contribution in [-0.2, 0) is 0 Å². The molecule has 0 heterocycles. The maximum atomic E-state index is 12.2. The molecule has 5 nitrogen and oxygen atoms in total. The van der Waals surface area contributed by atoms with E-state index in [9.17, 15) is 18.4 Å². The lowest BCUT2D eigenvalue weighted by atomic mass is 10.1. The molecule has 0 aromatic heterocycles. The standard InChI is InChI=1S/C17H16F2N2O3/c1-10-6-7-14(11(2)8-10)16(23)21-20-15(22)12-4-3-5-13(9-12)24-17(18)19/h3-9,17H,1-2H3,(H,20,22)(H,21,23). The molecular weight excluding hydrogens is 318 g/mol. The fourth-order valence-electron chi connectivity index (χ4n) is 2.13. The van der Waals surface area contributed by atoms with Gasteiger partial charge in [0.2, 0.25) is 0 Å². The van der Waals surface area contributed by atoms with Gasteiger partial charge in [0.05, 0.1) is 0 Å². The van der Waals surface area contributed by atoms with Gasteiger partial charge < -0.3 is 4.74 Å². The molecule has 2 aromatic rings. The zero-order valence-corrected chi connectivity index (χ0v) is 13.1. The van der Waals surface area contributed by atoms with Gasteiger partial charge in [-0.1, -0.05) is 23.8 Å². The molecule has 0 fully saturated rings. The van der Waals surface area contributed by atoms with Gasteiger partial charge in [0.1, 0.15) is 5.75 Å². The van der Waals surface area contributed by atoms with E-state index < -0.39 is 18.4 Å². The minimum atomic E-state index is -2.98. The quantitative estimate of drug-likeness (QED) is 0.845. The molecule has 0 saturated carbocycles. The number of nitrogens with one attached hydrogen (secondary N) is 2. The van der Waals surface area contributed by atoms with Crippen LogP contribution in [0.5, 0.6) is 5.75 Å². The number of alkyl halides is 2. The third kappa shape index (κ3) is 4.52. The number of hydrogen-bond acceptors (Lipinski definition) is 3. The van der Waals surface area contributed by atoms with Gasteiger partial charge in [-0.3, -0.25) is 20.4 Å². The van der Waals surface area contributed by atoms with Crippen molar-refractivity contribution < 1.29 is 23.1 Å². The van der Waals surface area contributed by atoms with Crippen molar-refractivity contribution in [2.45, 2.75) is 20.5 Å². The Labute approximate surface area is 137 Å². The Morgan fingerprint density at radius 1 is 1.00 bits per heavy atom. The average molecular weight is 334 g/mol. The van der Waals surface area contributed by atoms with Crippen LogP contribution in [0.4, 0.5) is 8.78 Å². The maximum absolute atomic E-state index is 12.2. The summed E-state index contributed by atoms with van der Waals surface area (Å²) in [7, 11) is 0. The number of benzene rings is 2. The van der Waals surface area contributed by atoms with Crippen LogP contribution >= 0.6 is 0 Å². The molecule has 0 bridgehead atoms. The van der Waals surface area contributed by atoms with E-state index in [2.05, 4.69) is 15.6 Å². The number of hydrazine groups is 1. The molecule has 0 aliphatic heterocycles. The van der Waals surface area contributed by atoms with Crippen molar-refractivity contribution in [3.63, 3.8) is 0 Å². The Morgan fingerprint density at radius 3 is 2.38 bits per heavy atom. The van der Waals surface area contributed by atoms with Crippen LogP contribution in [0.25, 0.3) is 0 Å². The summed E-state index contributed by atoms with van der Waals surface area (Å²) in [5.41, 5.74) is 6.82. The Kier molecular flexibility index (Phi) is 5.47. The predicted molar refractivity (Wildman–Crippen MR) is 83.9 cm³/mol. The first kappa shape index (κ1) is 17.4. The van der Waals surface area contributed by atoms with Crippen LogP contribution in [0, 0.1) is 13.8 Å². The van der Waals surface area contributed by atoms with Gasteiger partial charge in [-0.05, 0) is 43.7 Å². The van der Waals surface area contributed by atoms with E-state index in [1.54, 1.807) is 19.1 Å². The van der Waals surface area contributed by atoms with Gasteiger partial charge in [0.15, 0.2) is 0 Å². The predicted octanol–water partition coefficient (Wildman–Crippen LogP) is 2.98. The van der Waals surface area contributed by atoms with Crippen molar-refractivity contribution in [1.82, 2.24) is 10.9 Å². The third-order valence-electron chi connectivity index (χ3n) is 3.24. The van der Waals surface area contributed by atoms with Gasteiger partial charge in [-0.2, -0.15) is 8.78 Å². The molecule has 0 atom stereocenters. The smallest absolute Gasteiger partial charge is 0.387 e. The summed E-state index contributed by atoms with van der Waals surface area (Å²) in [5.74, 6) is -1.26. The van der Waals surface area contributed by atoms with Gasteiger partial charge in [-0.25, -0.2) is 0 Å². The van der Waals surface area contributed by atoms with E-state index >= 15 is 0 Å². The Balaban J connectivity index is 2.01. The second-order valence-corrected chi connectivity index (χ2v) is 5.13. The zero-order chi connectivity index (χ0) is 17.7. The molecule has 2 aromatic carbocycles. The fraction of sp³-hybridized carbons (Fsp3) is 0.176. The van der Waals surface area contributed by atoms with Crippen molar-refractivity contribution in [1.29, 1.82) is 0 Å². The second kappa shape index (κ2) is 7.54. The summed E-state index contributed by atoms with van der Waals surface area (Å²) in [6, 6.07) is 10.6. The summed E-state index contributed by atoms with van der Waals surface area (Å²) in [4.78, 5) is 24.1. The van der Waals surface area contributed by atoms with Crippen molar-refractivity contribution in [2.24, 2.45) is 0 Å². The molecule has 24 heavy (non-hydrogen) atoms. The molecule has 126 valence electrons. The molecule has 2 amide bonds. The molecule has 0 radical (unpaired) electrons. The van der Waals surface area contributed by atoms with E-state index in [4.69, 9.17) is 0 Å². The Morgan fingerprint density at radius 2 is 1.71 bits per heavy atom. The number of aryl methyl sites for hydroxylation is 2. The minimum Gasteiger partial charge on any atom is -0.435 e. The lowest BCUT2D eigenvalue weighted by Crippen LogP contribution is -2.41. The molecular formula is C17H16F2N2O3. The van der Waals surface area contributed by atoms with Gasteiger partial charge in [0.25, 0.3) is 11.8 Å². The molecule has 0 spiro atoms. The van der Waals surface area contributed by atoms with E-state index in [0.29, 0.717) is 5.56 Å². The molecule has 0 aliphatic rings. The molecule has 0 unspecified atom stereocenters. The number of ether oxygens (including phenoxy) is 1. The SMILES string of the molecule is Cc1ccc(C(=O)NNC(=O)c2cccc(OC(F)F)c2)c(C)c1. The monoisotopic (exact) mass is 334 g/mol. The molecule has 2 N–H and O–H groups in total. The summed E-state index contributed by atoms with van der Waals surface area (Å²) >= 11 is 0. The van der Waals surface area contributed by atoms with Crippen LogP contribution in [-0.4, -0.2) is 18.4 Å². The molecule has 7 heteroatoms. The van der Waals surface area contributed by atoms with Gasteiger partial charge in [-0.15, -0.1) is 0 Å². The lowest BCUT2D eigenvalue weighted by Gasteiger charge is -2.10. The normalized spacial score (nSPS) is 10.4.